The number of nitrogens with one attached hydrogen (secondary N) is 2. The van der Waals surface area contributed by atoms with E-state index in [4.69, 9.17) is 12.2 Å². The highest BCUT2D eigenvalue weighted by Gasteiger charge is 2.23. The molecule has 0 bridgehead atoms. The first kappa shape index (κ1) is 22.2. The van der Waals surface area contributed by atoms with Crippen molar-refractivity contribution in [2.75, 3.05) is 0 Å². The van der Waals surface area contributed by atoms with E-state index in [9.17, 15) is 9.59 Å². The van der Waals surface area contributed by atoms with Crippen LogP contribution < -0.4 is 10.6 Å². The van der Waals surface area contributed by atoms with Crippen LogP contribution in [0, 0.1) is 17.6 Å². The van der Waals surface area contributed by atoms with Crippen LogP contribution in [-0.2, 0) is 24.4 Å². The second kappa shape index (κ2) is 10.0. The highest BCUT2D eigenvalue weighted by atomic mass is 32.1. The lowest BCUT2D eigenvalue weighted by atomic mass is 9.86. The van der Waals surface area contributed by atoms with Gasteiger partial charge >= 0.3 is 0 Å². The second-order valence-corrected chi connectivity index (χ2v) is 8.40. The third-order valence-corrected chi connectivity index (χ3v) is 6.29. The van der Waals surface area contributed by atoms with Gasteiger partial charge in [-0.25, -0.2) is 4.68 Å². The fraction of sp³-hybridized carbons (Fsp3) is 0.545. The van der Waals surface area contributed by atoms with Gasteiger partial charge in [-0.3, -0.25) is 9.59 Å². The smallest absolute Gasteiger partial charge is 0.251 e. The Labute approximate surface area is 182 Å². The predicted octanol–water partition coefficient (Wildman–Crippen LogP) is 3.37. The Bertz CT molecular complexity index is 965. The number of nitrogens with zero attached hydrogens (tertiary/aromatic N) is 3. The van der Waals surface area contributed by atoms with E-state index < -0.39 is 0 Å². The molecule has 2 aromatic rings. The molecule has 0 aliphatic heterocycles. The number of aryl methyl sites for hydroxylation is 1. The highest BCUT2D eigenvalue weighted by Crippen LogP contribution is 2.23. The summed E-state index contributed by atoms with van der Waals surface area (Å²) in [6, 6.07) is 7.67. The summed E-state index contributed by atoms with van der Waals surface area (Å²) in [6.07, 6.45) is 4.57. The lowest BCUT2D eigenvalue weighted by molar-refractivity contribution is -0.123. The first-order valence-electron chi connectivity index (χ1n) is 10.7. The summed E-state index contributed by atoms with van der Waals surface area (Å²) in [5.74, 6) is 0.917. The van der Waals surface area contributed by atoms with Gasteiger partial charge in [-0.15, -0.1) is 0 Å². The van der Waals surface area contributed by atoms with Crippen molar-refractivity contribution < 1.29 is 9.59 Å². The maximum atomic E-state index is 12.6. The Hall–Kier alpha value is -2.48. The molecular formula is C22H31N5O2S. The fourth-order valence-corrected chi connectivity index (χ4v) is 4.38. The van der Waals surface area contributed by atoms with Gasteiger partial charge in [0.15, 0.2) is 10.6 Å². The van der Waals surface area contributed by atoms with Crippen LogP contribution in [0.3, 0.4) is 0 Å². The minimum atomic E-state index is -0.153. The highest BCUT2D eigenvalue weighted by molar-refractivity contribution is 7.71. The maximum Gasteiger partial charge on any atom is 0.251 e. The molecule has 0 saturated heterocycles. The molecule has 1 aromatic carbocycles. The second-order valence-electron chi connectivity index (χ2n) is 8.03. The molecule has 1 heterocycles. The Morgan fingerprint density at radius 2 is 1.97 bits per heavy atom. The summed E-state index contributed by atoms with van der Waals surface area (Å²) in [5.41, 5.74) is 1.56. The van der Waals surface area contributed by atoms with Gasteiger partial charge in [-0.1, -0.05) is 38.0 Å². The number of carbonyl (C=O) groups excluding carboxylic acids is 2. The molecule has 2 atom stereocenters. The Balaban J connectivity index is 1.66. The molecule has 30 heavy (non-hydrogen) atoms. The first-order valence-corrected chi connectivity index (χ1v) is 11.1. The summed E-state index contributed by atoms with van der Waals surface area (Å²) in [6.45, 7) is 7.03. The van der Waals surface area contributed by atoms with Crippen molar-refractivity contribution in [3.8, 4) is 0 Å². The normalized spacial score (nSPS) is 18.8. The molecule has 1 aromatic heterocycles. The van der Waals surface area contributed by atoms with Crippen LogP contribution in [0.5, 0.6) is 0 Å². The van der Waals surface area contributed by atoms with E-state index in [1.165, 1.54) is 6.42 Å². The van der Waals surface area contributed by atoms with E-state index in [1.54, 1.807) is 10.7 Å². The van der Waals surface area contributed by atoms with E-state index >= 15 is 0 Å². The molecule has 3 rings (SSSR count). The van der Waals surface area contributed by atoms with Gasteiger partial charge in [-0.05, 0) is 56.5 Å². The van der Waals surface area contributed by atoms with Crippen LogP contribution in [-0.4, -0.2) is 32.2 Å². The Morgan fingerprint density at radius 1 is 1.23 bits per heavy atom. The number of amides is 2. The Kier molecular flexibility index (Phi) is 7.42. The molecule has 2 amide bonds. The summed E-state index contributed by atoms with van der Waals surface area (Å²) >= 11 is 5.52. The average Bonchev–Trinajstić information content (AvgIpc) is 3.02. The van der Waals surface area contributed by atoms with Crippen LogP contribution in [0.4, 0.5) is 0 Å². The van der Waals surface area contributed by atoms with Crippen molar-refractivity contribution in [1.29, 1.82) is 0 Å². The topological polar surface area (TPSA) is 81.0 Å². The number of hydrogen-bond acceptors (Lipinski definition) is 4. The standard InChI is InChI=1S/C22H31N5O2S/c1-4-26-19(13-23-21(29)17-11-7-5-9-15(17)2)25-27(22(26)30)14-20(28)24-18-12-8-6-10-16(18)3/h5,7,9,11,16,18H,4,6,8,10,12-14H2,1-3H3,(H,23,29)(H,24,28)/t16-,18-/m1/s1. The van der Waals surface area contributed by atoms with Crippen molar-refractivity contribution in [3.05, 3.63) is 46.0 Å². The molecule has 8 heteroatoms. The van der Waals surface area contributed by atoms with Gasteiger partial charge in [0.25, 0.3) is 5.91 Å². The molecule has 1 saturated carbocycles. The molecule has 0 spiro atoms. The average molecular weight is 430 g/mol. The quantitative estimate of drug-likeness (QED) is 0.662. The molecule has 0 unspecified atom stereocenters. The first-order chi connectivity index (χ1) is 14.4. The van der Waals surface area contributed by atoms with Crippen molar-refractivity contribution >= 4 is 24.0 Å². The van der Waals surface area contributed by atoms with Crippen LogP contribution in [0.1, 0.15) is 61.3 Å². The lowest BCUT2D eigenvalue weighted by Gasteiger charge is -2.29. The van der Waals surface area contributed by atoms with E-state index in [-0.39, 0.29) is 30.9 Å². The van der Waals surface area contributed by atoms with Gasteiger partial charge in [0.1, 0.15) is 6.54 Å². The van der Waals surface area contributed by atoms with E-state index in [1.807, 2.05) is 36.6 Å². The van der Waals surface area contributed by atoms with Crippen molar-refractivity contribution in [1.82, 2.24) is 25.0 Å². The predicted molar refractivity (Wildman–Crippen MR) is 119 cm³/mol. The van der Waals surface area contributed by atoms with E-state index in [0.29, 0.717) is 28.6 Å². The molecule has 162 valence electrons. The maximum absolute atomic E-state index is 12.6. The number of hydrogen-bond donors (Lipinski definition) is 2. The Morgan fingerprint density at radius 3 is 2.67 bits per heavy atom. The fourth-order valence-electron chi connectivity index (χ4n) is 4.04. The number of carbonyl (C=O) groups is 2. The number of aromatic nitrogens is 3. The minimum absolute atomic E-state index is 0.0684. The van der Waals surface area contributed by atoms with Gasteiger partial charge in [0, 0.05) is 18.2 Å². The monoisotopic (exact) mass is 429 g/mol. The van der Waals surface area contributed by atoms with Crippen molar-refractivity contribution in [3.63, 3.8) is 0 Å². The van der Waals surface area contributed by atoms with Crippen molar-refractivity contribution in [2.24, 2.45) is 5.92 Å². The van der Waals surface area contributed by atoms with Crippen LogP contribution >= 0.6 is 12.2 Å². The molecule has 1 fully saturated rings. The zero-order valence-corrected chi connectivity index (χ0v) is 18.8. The van der Waals surface area contributed by atoms with Gasteiger partial charge in [-0.2, -0.15) is 5.10 Å². The third-order valence-electron chi connectivity index (χ3n) is 5.86. The van der Waals surface area contributed by atoms with Crippen LogP contribution in [0.15, 0.2) is 24.3 Å². The van der Waals surface area contributed by atoms with Gasteiger partial charge in [0.2, 0.25) is 5.91 Å². The van der Waals surface area contributed by atoms with Gasteiger partial charge in [0.05, 0.1) is 6.54 Å². The third kappa shape index (κ3) is 5.16. The van der Waals surface area contributed by atoms with E-state index in [2.05, 4.69) is 22.7 Å². The SMILES string of the molecule is CCn1c(CNC(=O)c2ccccc2C)nn(CC(=O)N[C@@H]2CCCC[C@H]2C)c1=S. The van der Waals surface area contributed by atoms with Crippen LogP contribution in [0.25, 0.3) is 0 Å². The molecule has 1 aliphatic rings. The van der Waals surface area contributed by atoms with Crippen LogP contribution in [0.2, 0.25) is 0 Å². The van der Waals surface area contributed by atoms with Gasteiger partial charge < -0.3 is 15.2 Å². The zero-order valence-electron chi connectivity index (χ0n) is 18.0. The zero-order chi connectivity index (χ0) is 21.7. The number of benzene rings is 1. The molecular weight excluding hydrogens is 398 g/mol. The van der Waals surface area contributed by atoms with Crippen molar-refractivity contribution in [2.45, 2.75) is 72.1 Å². The summed E-state index contributed by atoms with van der Waals surface area (Å²) < 4.78 is 3.89. The molecule has 0 radical (unpaired) electrons. The van der Waals surface area contributed by atoms with E-state index in [0.717, 1.165) is 24.8 Å². The number of rotatable bonds is 7. The summed E-state index contributed by atoms with van der Waals surface area (Å²) in [7, 11) is 0. The molecule has 2 N–H and O–H groups in total. The summed E-state index contributed by atoms with van der Waals surface area (Å²) in [4.78, 5) is 25.1. The minimum Gasteiger partial charge on any atom is -0.351 e. The largest absolute Gasteiger partial charge is 0.351 e. The lowest BCUT2D eigenvalue weighted by Crippen LogP contribution is -2.42. The molecule has 7 nitrogen and oxygen atoms in total. The molecule has 1 aliphatic carbocycles. The summed E-state index contributed by atoms with van der Waals surface area (Å²) in [5, 5.41) is 10.6.